The van der Waals surface area contributed by atoms with Crippen molar-refractivity contribution in [1.82, 2.24) is 42.2 Å². The van der Waals surface area contributed by atoms with E-state index in [9.17, 15) is 38.7 Å². The van der Waals surface area contributed by atoms with E-state index in [2.05, 4.69) is 42.2 Å². The number of hydrogen-bond acceptors (Lipinski definition) is 9. The maximum atomic E-state index is 14.7. The predicted octanol–water partition coefficient (Wildman–Crippen LogP) is 1.77. The number of unbranched alkanes of at least 4 members (excludes halogenated alkanes) is 1. The van der Waals surface area contributed by atoms with Crippen LogP contribution in [0, 0.1) is 0 Å². The minimum absolute atomic E-state index is 0.0176. The molecule has 0 aliphatic carbocycles. The molecule has 69 heavy (non-hydrogen) atoms. The van der Waals surface area contributed by atoms with E-state index in [-0.39, 0.29) is 51.5 Å². The Labute approximate surface area is 401 Å². The number of benzene rings is 4. The number of aliphatic hydroxyl groups excluding tert-OH is 1. The lowest BCUT2D eigenvalue weighted by molar-refractivity contribution is -0.136. The van der Waals surface area contributed by atoms with Crippen LogP contribution in [0.2, 0.25) is 0 Å². The van der Waals surface area contributed by atoms with E-state index < -0.39 is 83.7 Å². The summed E-state index contributed by atoms with van der Waals surface area (Å²) in [6.45, 7) is 1.65. The van der Waals surface area contributed by atoms with E-state index in [1.54, 1.807) is 54.7 Å². The Bertz CT molecular complexity index is 2500. The molecular weight excluding hydrogens is 879 g/mol. The van der Waals surface area contributed by atoms with Gasteiger partial charge in [-0.15, -0.1) is 0 Å². The summed E-state index contributed by atoms with van der Waals surface area (Å²) in [7, 11) is 0. The van der Waals surface area contributed by atoms with Gasteiger partial charge in [-0.1, -0.05) is 109 Å². The number of rotatable bonds is 13. The molecule has 17 nitrogen and oxygen atoms in total. The van der Waals surface area contributed by atoms with Gasteiger partial charge in [0.25, 0.3) is 0 Å². The van der Waals surface area contributed by atoms with Crippen molar-refractivity contribution in [2.45, 2.75) is 107 Å². The summed E-state index contributed by atoms with van der Waals surface area (Å²) in [5, 5.41) is 31.2. The van der Waals surface area contributed by atoms with Crippen LogP contribution in [0.1, 0.15) is 61.3 Å². The second kappa shape index (κ2) is 25.7. The molecule has 1 aliphatic rings. The summed E-state index contributed by atoms with van der Waals surface area (Å²) < 4.78 is 0. The highest BCUT2D eigenvalue weighted by atomic mass is 16.3. The van der Waals surface area contributed by atoms with Crippen LogP contribution in [-0.2, 0) is 59.2 Å². The normalized spacial score (nSPS) is 22.2. The van der Waals surface area contributed by atoms with Crippen molar-refractivity contribution in [1.29, 1.82) is 0 Å². The molecule has 5 aromatic rings. The highest BCUT2D eigenvalue weighted by Crippen LogP contribution is 2.20. The zero-order valence-corrected chi connectivity index (χ0v) is 38.7. The number of nitrogens with two attached hydrogens (primary N) is 1. The van der Waals surface area contributed by atoms with Crippen LogP contribution < -0.4 is 43.0 Å². The summed E-state index contributed by atoms with van der Waals surface area (Å²) in [6.07, 6.45) is 1.46. The second-order valence-corrected chi connectivity index (χ2v) is 17.4. The second-order valence-electron chi connectivity index (χ2n) is 17.4. The minimum Gasteiger partial charge on any atom is -0.391 e. The molecule has 2 heterocycles. The molecule has 364 valence electrons. The standard InChI is InChI=1S/C52H63N9O8/c1-33(62)46-52(69)60-41(28-34-16-5-2-6-17-34)47(64)54-27-15-25-45(63)56-42(29-35-18-7-3-8-19-35)49(66)58-43(30-36-20-9-4-10-21-36)50(67)59-44(31-37-32-55-39-23-12-11-22-38(37)39)51(68)57-40(48(65)61-46)24-13-14-26-53/h2-12,16-23,32-33,40-44,46,55,62H,13-15,24-31,53H2,1H3,(H,54,64)(H,56,63)(H,57,68)(H,58,66)(H,59,67)(H,60,69)(H,61,65)/t33-,40+,41+,42+,43+,44-,46+/m1/s1. The Morgan fingerprint density at radius 3 is 1.55 bits per heavy atom. The van der Waals surface area contributed by atoms with Crippen molar-refractivity contribution >= 4 is 52.3 Å². The van der Waals surface area contributed by atoms with E-state index in [1.165, 1.54) is 6.92 Å². The molecule has 6 rings (SSSR count). The van der Waals surface area contributed by atoms with Gasteiger partial charge in [-0.25, -0.2) is 0 Å². The number of aromatic amines is 1. The average molecular weight is 942 g/mol. The predicted molar refractivity (Wildman–Crippen MR) is 261 cm³/mol. The third-order valence-electron chi connectivity index (χ3n) is 12.0. The molecule has 0 saturated carbocycles. The van der Waals surface area contributed by atoms with Gasteiger partial charge >= 0.3 is 0 Å². The van der Waals surface area contributed by atoms with Gasteiger partial charge < -0.3 is 53.0 Å². The van der Waals surface area contributed by atoms with Crippen LogP contribution in [0.25, 0.3) is 10.9 Å². The van der Waals surface area contributed by atoms with Crippen molar-refractivity contribution < 1.29 is 38.7 Å². The van der Waals surface area contributed by atoms with E-state index >= 15 is 0 Å². The Kier molecular flexibility index (Phi) is 19.0. The first-order valence-corrected chi connectivity index (χ1v) is 23.5. The lowest BCUT2D eigenvalue weighted by Gasteiger charge is -2.28. The van der Waals surface area contributed by atoms with Crippen molar-refractivity contribution in [3.8, 4) is 0 Å². The molecule has 1 aliphatic heterocycles. The molecule has 1 fully saturated rings. The monoisotopic (exact) mass is 941 g/mol. The topological polar surface area (TPSA) is 266 Å². The fourth-order valence-electron chi connectivity index (χ4n) is 8.26. The largest absolute Gasteiger partial charge is 0.391 e. The first-order chi connectivity index (χ1) is 33.4. The SMILES string of the molecule is C[C@@H](O)[C@@H]1NC(=O)[C@H](CCCCN)NC(=O)[C@@H](Cc2c[nH]c3ccccc23)NC(=O)[C@H](Cc2ccccc2)NC(=O)[C@H](Cc2ccccc2)NC(=O)CCCNC(=O)[C@H](Cc2ccccc2)NC1=O. The Morgan fingerprint density at radius 2 is 1.00 bits per heavy atom. The first kappa shape index (κ1) is 51.0. The molecule has 0 radical (unpaired) electrons. The van der Waals surface area contributed by atoms with Gasteiger partial charge in [-0.05, 0) is 67.5 Å². The molecule has 1 aromatic heterocycles. The van der Waals surface area contributed by atoms with Gasteiger partial charge in [0.05, 0.1) is 6.10 Å². The summed E-state index contributed by atoms with van der Waals surface area (Å²) in [4.78, 5) is 103. The lowest BCUT2D eigenvalue weighted by atomic mass is 10.00. The van der Waals surface area contributed by atoms with Gasteiger partial charge in [-0.3, -0.25) is 33.6 Å². The molecule has 7 amide bonds. The Morgan fingerprint density at radius 1 is 0.536 bits per heavy atom. The number of para-hydroxylation sites is 1. The zero-order chi connectivity index (χ0) is 49.1. The number of aliphatic hydroxyl groups is 1. The zero-order valence-electron chi connectivity index (χ0n) is 38.7. The summed E-state index contributed by atoms with van der Waals surface area (Å²) in [5.41, 5.74) is 9.47. The summed E-state index contributed by atoms with van der Waals surface area (Å²) in [6, 6.07) is 26.8. The van der Waals surface area contributed by atoms with Crippen LogP contribution in [0.5, 0.6) is 0 Å². The van der Waals surface area contributed by atoms with Crippen molar-refractivity contribution in [3.63, 3.8) is 0 Å². The smallest absolute Gasteiger partial charge is 0.245 e. The molecule has 4 aromatic carbocycles. The van der Waals surface area contributed by atoms with Gasteiger partial charge in [0, 0.05) is 55.7 Å². The molecule has 0 unspecified atom stereocenters. The van der Waals surface area contributed by atoms with Crippen molar-refractivity contribution in [2.75, 3.05) is 13.1 Å². The Balaban J connectivity index is 1.38. The van der Waals surface area contributed by atoms with Crippen LogP contribution >= 0.6 is 0 Å². The van der Waals surface area contributed by atoms with Crippen molar-refractivity contribution in [2.24, 2.45) is 5.73 Å². The molecule has 7 atom stereocenters. The average Bonchev–Trinajstić information content (AvgIpc) is 3.76. The molecule has 0 spiro atoms. The lowest BCUT2D eigenvalue weighted by Crippen LogP contribution is -2.61. The van der Waals surface area contributed by atoms with Crippen LogP contribution in [0.3, 0.4) is 0 Å². The molecule has 0 bridgehead atoms. The van der Waals surface area contributed by atoms with Crippen LogP contribution in [0.4, 0.5) is 0 Å². The van der Waals surface area contributed by atoms with Crippen LogP contribution in [0.15, 0.2) is 121 Å². The fraction of sp³-hybridized carbons (Fsp3) is 0.365. The molecule has 17 heteroatoms. The van der Waals surface area contributed by atoms with Gasteiger partial charge in [0.2, 0.25) is 41.4 Å². The van der Waals surface area contributed by atoms with Gasteiger partial charge in [0.15, 0.2) is 0 Å². The molecule has 1 saturated heterocycles. The van der Waals surface area contributed by atoms with E-state index in [0.717, 1.165) is 22.0 Å². The maximum absolute atomic E-state index is 14.7. The number of hydrogen-bond donors (Lipinski definition) is 10. The number of aromatic nitrogens is 1. The van der Waals surface area contributed by atoms with E-state index in [1.807, 2.05) is 66.7 Å². The van der Waals surface area contributed by atoms with Crippen LogP contribution in [-0.4, -0.2) is 107 Å². The highest BCUT2D eigenvalue weighted by Gasteiger charge is 2.35. The quantitative estimate of drug-likeness (QED) is 0.0771. The summed E-state index contributed by atoms with van der Waals surface area (Å²) in [5.74, 6) is -4.78. The fourth-order valence-corrected chi connectivity index (χ4v) is 8.26. The number of carbonyl (C=O) groups is 7. The number of H-pyrrole nitrogens is 1. The molecule has 11 N–H and O–H groups in total. The maximum Gasteiger partial charge on any atom is 0.245 e. The van der Waals surface area contributed by atoms with E-state index in [4.69, 9.17) is 5.73 Å². The number of carbonyl (C=O) groups excluding carboxylic acids is 7. The van der Waals surface area contributed by atoms with Gasteiger partial charge in [0.1, 0.15) is 36.3 Å². The Hall–Kier alpha value is -7.37. The number of amides is 7. The minimum atomic E-state index is -1.56. The third kappa shape index (κ3) is 15.3. The first-order valence-electron chi connectivity index (χ1n) is 23.5. The highest BCUT2D eigenvalue weighted by molar-refractivity contribution is 5.98. The third-order valence-corrected chi connectivity index (χ3v) is 12.0. The van der Waals surface area contributed by atoms with E-state index in [0.29, 0.717) is 30.5 Å². The summed E-state index contributed by atoms with van der Waals surface area (Å²) >= 11 is 0. The number of nitrogens with one attached hydrogen (secondary N) is 8. The van der Waals surface area contributed by atoms with Gasteiger partial charge in [-0.2, -0.15) is 0 Å². The van der Waals surface area contributed by atoms with Crippen molar-refractivity contribution in [3.05, 3.63) is 144 Å². The number of fused-ring (bicyclic) bond motifs is 1. The molecular formula is C52H63N9O8.